The van der Waals surface area contributed by atoms with Gasteiger partial charge in [0.25, 0.3) is 0 Å². The van der Waals surface area contributed by atoms with Crippen LogP contribution < -0.4 is 10.1 Å². The zero-order chi connectivity index (χ0) is 9.68. The zero-order valence-corrected chi connectivity index (χ0v) is 8.50. The highest BCUT2D eigenvalue weighted by molar-refractivity contribution is 5.27. The summed E-state index contributed by atoms with van der Waals surface area (Å²) in [5.41, 5.74) is 1.34. The number of methoxy groups -OCH3 is 1. The van der Waals surface area contributed by atoms with Crippen LogP contribution in [0.5, 0.6) is 5.75 Å². The molecule has 1 rings (SSSR count). The molecule has 0 bridgehead atoms. The Morgan fingerprint density at radius 3 is 2.38 bits per heavy atom. The topological polar surface area (TPSA) is 21.3 Å². The molecule has 1 N–H and O–H groups in total. The summed E-state index contributed by atoms with van der Waals surface area (Å²) in [6.45, 7) is 2.17. The lowest BCUT2D eigenvalue weighted by Crippen LogP contribution is -2.23. The van der Waals surface area contributed by atoms with E-state index in [9.17, 15) is 0 Å². The van der Waals surface area contributed by atoms with Gasteiger partial charge in [-0.15, -0.1) is 0 Å². The molecule has 0 amide bonds. The van der Waals surface area contributed by atoms with Gasteiger partial charge in [-0.05, 0) is 38.1 Å². The van der Waals surface area contributed by atoms with E-state index >= 15 is 0 Å². The molecule has 1 aromatic rings. The molecular formula is C11H17NO. The minimum absolute atomic E-state index is 0.522. The normalized spacial score (nSPS) is 12.5. The number of rotatable bonds is 4. The molecule has 0 heterocycles. The monoisotopic (exact) mass is 180 g/mol. The van der Waals surface area contributed by atoms with Crippen LogP contribution in [0, 0.1) is 0 Å². The Labute approximate surface area is 79.9 Å². The third-order valence-corrected chi connectivity index (χ3v) is 2.19. The maximum absolute atomic E-state index is 5.08. The highest BCUT2D eigenvalue weighted by Gasteiger charge is 1.99. The predicted molar refractivity (Wildman–Crippen MR) is 55.2 cm³/mol. The number of ether oxygens (including phenoxy) is 1. The van der Waals surface area contributed by atoms with Gasteiger partial charge in [-0.3, -0.25) is 0 Å². The molecule has 0 saturated heterocycles. The molecule has 1 aromatic carbocycles. The Morgan fingerprint density at radius 2 is 1.92 bits per heavy atom. The summed E-state index contributed by atoms with van der Waals surface area (Å²) >= 11 is 0. The second-order valence-electron chi connectivity index (χ2n) is 3.24. The molecule has 2 nitrogen and oxygen atoms in total. The number of nitrogens with one attached hydrogen (secondary N) is 1. The summed E-state index contributed by atoms with van der Waals surface area (Å²) in [5.74, 6) is 0.917. The van der Waals surface area contributed by atoms with Gasteiger partial charge in [-0.25, -0.2) is 0 Å². The first-order chi connectivity index (χ1) is 6.26. The van der Waals surface area contributed by atoms with Gasteiger partial charge in [-0.2, -0.15) is 0 Å². The molecule has 1 atom stereocenters. The van der Waals surface area contributed by atoms with Crippen LogP contribution in [0.4, 0.5) is 0 Å². The molecule has 72 valence electrons. The number of likely N-dealkylation sites (N-methyl/N-ethyl adjacent to an activating group) is 1. The Bertz CT molecular complexity index is 243. The lowest BCUT2D eigenvalue weighted by molar-refractivity contribution is 0.414. The van der Waals surface area contributed by atoms with E-state index < -0.39 is 0 Å². The van der Waals surface area contributed by atoms with Crippen molar-refractivity contribution in [2.45, 2.75) is 19.4 Å². The van der Waals surface area contributed by atoms with E-state index in [-0.39, 0.29) is 0 Å². The quantitative estimate of drug-likeness (QED) is 0.763. The van der Waals surface area contributed by atoms with Crippen molar-refractivity contribution < 1.29 is 4.74 Å². The van der Waals surface area contributed by atoms with Gasteiger partial charge in [0.1, 0.15) is 5.75 Å². The van der Waals surface area contributed by atoms with Crippen molar-refractivity contribution in [3.05, 3.63) is 29.8 Å². The molecule has 1 unspecified atom stereocenters. The average molecular weight is 180 g/mol. The third kappa shape index (κ3) is 3.07. The van der Waals surface area contributed by atoms with Gasteiger partial charge in [0.15, 0.2) is 0 Å². The van der Waals surface area contributed by atoms with Crippen molar-refractivity contribution in [3.63, 3.8) is 0 Å². The lowest BCUT2D eigenvalue weighted by atomic mass is 10.1. The molecule has 2 heteroatoms. The van der Waals surface area contributed by atoms with Crippen LogP contribution in [-0.4, -0.2) is 20.2 Å². The van der Waals surface area contributed by atoms with Gasteiger partial charge in [-0.1, -0.05) is 12.1 Å². The summed E-state index contributed by atoms with van der Waals surface area (Å²) < 4.78 is 5.08. The first-order valence-corrected chi connectivity index (χ1v) is 4.56. The minimum Gasteiger partial charge on any atom is -0.497 e. The Kier molecular flexibility index (Phi) is 3.77. The average Bonchev–Trinajstić information content (AvgIpc) is 2.19. The lowest BCUT2D eigenvalue weighted by Gasteiger charge is -2.09. The van der Waals surface area contributed by atoms with Gasteiger partial charge >= 0.3 is 0 Å². The largest absolute Gasteiger partial charge is 0.497 e. The van der Waals surface area contributed by atoms with Gasteiger partial charge in [0.2, 0.25) is 0 Å². The zero-order valence-electron chi connectivity index (χ0n) is 8.50. The van der Waals surface area contributed by atoms with E-state index in [4.69, 9.17) is 4.74 Å². The van der Waals surface area contributed by atoms with Crippen molar-refractivity contribution >= 4 is 0 Å². The molecule has 0 aliphatic heterocycles. The van der Waals surface area contributed by atoms with Crippen LogP contribution in [-0.2, 0) is 6.42 Å². The van der Waals surface area contributed by atoms with E-state index in [0.717, 1.165) is 12.2 Å². The van der Waals surface area contributed by atoms with Crippen molar-refractivity contribution in [1.82, 2.24) is 5.32 Å². The molecule has 0 spiro atoms. The summed E-state index contributed by atoms with van der Waals surface area (Å²) in [5, 5.41) is 3.21. The van der Waals surface area contributed by atoms with Gasteiger partial charge < -0.3 is 10.1 Å². The highest BCUT2D eigenvalue weighted by Crippen LogP contribution is 2.12. The minimum atomic E-state index is 0.522. The smallest absolute Gasteiger partial charge is 0.118 e. The van der Waals surface area contributed by atoms with Crippen molar-refractivity contribution in [2.24, 2.45) is 0 Å². The molecule has 0 aromatic heterocycles. The predicted octanol–water partition coefficient (Wildman–Crippen LogP) is 1.85. The molecule has 0 saturated carbocycles. The van der Waals surface area contributed by atoms with Crippen LogP contribution in [0.1, 0.15) is 12.5 Å². The van der Waals surface area contributed by atoms with Crippen molar-refractivity contribution in [3.8, 4) is 5.75 Å². The van der Waals surface area contributed by atoms with E-state index in [1.54, 1.807) is 7.11 Å². The molecular weight excluding hydrogens is 163 g/mol. The summed E-state index contributed by atoms with van der Waals surface area (Å²) in [6, 6.07) is 8.72. The number of hydrogen-bond donors (Lipinski definition) is 1. The molecule has 0 radical (unpaired) electrons. The highest BCUT2D eigenvalue weighted by atomic mass is 16.5. The molecule has 0 aliphatic carbocycles. The first-order valence-electron chi connectivity index (χ1n) is 4.56. The van der Waals surface area contributed by atoms with Crippen molar-refractivity contribution in [1.29, 1.82) is 0 Å². The number of hydrogen-bond acceptors (Lipinski definition) is 2. The SMILES string of the molecule is CNC(C)Cc1ccc(OC)c[13cH]1. The third-order valence-electron chi connectivity index (χ3n) is 2.19. The molecule has 13 heavy (non-hydrogen) atoms. The van der Waals surface area contributed by atoms with E-state index in [1.165, 1.54) is 5.56 Å². The standard InChI is InChI=1S/C11H17NO/c1-9(12-2)8-10-4-6-11(13-3)7-5-10/h4-7,9,12H,8H2,1-3H3/i4+1. The van der Waals surface area contributed by atoms with Crippen LogP contribution >= 0.6 is 0 Å². The van der Waals surface area contributed by atoms with E-state index in [0.29, 0.717) is 6.04 Å². The van der Waals surface area contributed by atoms with E-state index in [2.05, 4.69) is 24.4 Å². The van der Waals surface area contributed by atoms with E-state index in [1.807, 2.05) is 19.2 Å². The van der Waals surface area contributed by atoms with Crippen molar-refractivity contribution in [2.75, 3.05) is 14.2 Å². The fraction of sp³-hybridized carbons (Fsp3) is 0.455. The summed E-state index contributed by atoms with van der Waals surface area (Å²) in [6.07, 6.45) is 1.06. The van der Waals surface area contributed by atoms with Gasteiger partial charge in [0, 0.05) is 6.04 Å². The van der Waals surface area contributed by atoms with Crippen LogP contribution in [0.15, 0.2) is 24.3 Å². The molecule has 0 fully saturated rings. The number of benzene rings is 1. The van der Waals surface area contributed by atoms with Crippen LogP contribution in [0.2, 0.25) is 0 Å². The fourth-order valence-electron chi connectivity index (χ4n) is 1.22. The van der Waals surface area contributed by atoms with Crippen LogP contribution in [0.3, 0.4) is 0 Å². The Hall–Kier alpha value is -1.02. The second kappa shape index (κ2) is 4.87. The Morgan fingerprint density at radius 1 is 1.31 bits per heavy atom. The van der Waals surface area contributed by atoms with Crippen LogP contribution in [0.25, 0.3) is 0 Å². The first kappa shape index (κ1) is 10.1. The second-order valence-corrected chi connectivity index (χ2v) is 3.24. The summed E-state index contributed by atoms with van der Waals surface area (Å²) in [7, 11) is 3.67. The summed E-state index contributed by atoms with van der Waals surface area (Å²) in [4.78, 5) is 0. The van der Waals surface area contributed by atoms with Gasteiger partial charge in [0.05, 0.1) is 7.11 Å². The molecule has 0 aliphatic rings. The maximum atomic E-state index is 5.08. The fourth-order valence-corrected chi connectivity index (χ4v) is 1.22. The Balaban J connectivity index is 2.58. The maximum Gasteiger partial charge on any atom is 0.118 e.